The van der Waals surface area contributed by atoms with Gasteiger partial charge in [0.05, 0.1) is 23.2 Å². The van der Waals surface area contributed by atoms with Gasteiger partial charge in [-0.15, -0.1) is 0 Å². The molecule has 1 aromatic rings. The van der Waals surface area contributed by atoms with Crippen molar-refractivity contribution in [2.24, 2.45) is 0 Å². The predicted molar refractivity (Wildman–Crippen MR) is 77.7 cm³/mol. The summed E-state index contributed by atoms with van der Waals surface area (Å²) in [6, 6.07) is 4.66. The molecule has 0 bridgehead atoms. The van der Waals surface area contributed by atoms with E-state index in [-0.39, 0.29) is 24.1 Å². The zero-order chi connectivity index (χ0) is 15.8. The van der Waals surface area contributed by atoms with Crippen LogP contribution in [0.1, 0.15) is 19.4 Å². The molecular weight excluding hydrogens is 294 g/mol. The Hall–Kier alpha value is -1.15. The van der Waals surface area contributed by atoms with Gasteiger partial charge in [-0.2, -0.15) is 4.31 Å². The fourth-order valence-corrected chi connectivity index (χ4v) is 3.81. The summed E-state index contributed by atoms with van der Waals surface area (Å²) in [6.07, 6.45) is -2.07. The van der Waals surface area contributed by atoms with E-state index in [2.05, 4.69) is 0 Å². The van der Waals surface area contributed by atoms with Gasteiger partial charge in [-0.05, 0) is 44.5 Å². The summed E-state index contributed by atoms with van der Waals surface area (Å²) >= 11 is 0. The lowest BCUT2D eigenvalue weighted by Crippen LogP contribution is -2.30. The van der Waals surface area contributed by atoms with E-state index in [1.54, 1.807) is 19.1 Å². The van der Waals surface area contributed by atoms with Gasteiger partial charge in [-0.25, -0.2) is 8.42 Å². The third kappa shape index (κ3) is 3.37. The molecule has 2 atom stereocenters. The van der Waals surface area contributed by atoms with Crippen LogP contribution in [-0.4, -0.2) is 54.3 Å². The highest BCUT2D eigenvalue weighted by atomic mass is 32.2. The van der Waals surface area contributed by atoms with Gasteiger partial charge in [0.1, 0.15) is 5.75 Å². The molecule has 0 aromatic heterocycles. The van der Waals surface area contributed by atoms with Crippen LogP contribution >= 0.6 is 0 Å². The number of ether oxygens (including phenoxy) is 1. The molecule has 1 saturated heterocycles. The highest BCUT2D eigenvalue weighted by molar-refractivity contribution is 7.89. The first-order valence-corrected chi connectivity index (χ1v) is 8.29. The number of rotatable bonds is 4. The Morgan fingerprint density at radius 1 is 1.24 bits per heavy atom. The molecule has 0 saturated carbocycles. The maximum Gasteiger partial charge on any atom is 0.243 e. The number of aliphatic hydroxyl groups excluding tert-OH is 2. The third-order valence-electron chi connectivity index (χ3n) is 3.37. The molecule has 6 nitrogen and oxygen atoms in total. The Labute approximate surface area is 125 Å². The molecule has 0 amide bonds. The largest absolute Gasteiger partial charge is 0.491 e. The highest BCUT2D eigenvalue weighted by Gasteiger charge is 2.37. The smallest absolute Gasteiger partial charge is 0.243 e. The second kappa shape index (κ2) is 5.92. The van der Waals surface area contributed by atoms with Crippen LogP contribution in [0.2, 0.25) is 0 Å². The predicted octanol–water partition coefficient (Wildman–Crippen LogP) is 0.508. The van der Waals surface area contributed by atoms with Gasteiger partial charge in [0.25, 0.3) is 0 Å². The van der Waals surface area contributed by atoms with E-state index in [1.165, 1.54) is 6.07 Å². The minimum atomic E-state index is -3.71. The number of nitrogens with zero attached hydrogens (tertiary/aromatic N) is 1. The monoisotopic (exact) mass is 315 g/mol. The topological polar surface area (TPSA) is 87.1 Å². The Morgan fingerprint density at radius 2 is 1.81 bits per heavy atom. The number of aliphatic hydroxyl groups is 2. The first-order valence-electron chi connectivity index (χ1n) is 6.85. The fraction of sp³-hybridized carbons (Fsp3) is 0.571. The zero-order valence-corrected chi connectivity index (χ0v) is 13.2. The van der Waals surface area contributed by atoms with Gasteiger partial charge in [0.15, 0.2) is 0 Å². The van der Waals surface area contributed by atoms with Crippen LogP contribution < -0.4 is 4.74 Å². The number of hydrogen-bond acceptors (Lipinski definition) is 5. The molecule has 0 spiro atoms. The Morgan fingerprint density at radius 3 is 2.29 bits per heavy atom. The number of hydrogen-bond donors (Lipinski definition) is 2. The van der Waals surface area contributed by atoms with Crippen LogP contribution in [0.5, 0.6) is 5.75 Å². The molecule has 118 valence electrons. The lowest BCUT2D eigenvalue weighted by Gasteiger charge is -2.17. The molecule has 0 radical (unpaired) electrons. The Kier molecular flexibility index (Phi) is 4.57. The van der Waals surface area contributed by atoms with Crippen LogP contribution in [0, 0.1) is 6.92 Å². The van der Waals surface area contributed by atoms with E-state index in [0.717, 1.165) is 9.87 Å². The summed E-state index contributed by atoms with van der Waals surface area (Å²) in [5.41, 5.74) is 0.727. The summed E-state index contributed by atoms with van der Waals surface area (Å²) in [6.45, 7) is 5.40. The summed E-state index contributed by atoms with van der Waals surface area (Å²) in [5.74, 6) is 0.644. The fourth-order valence-electron chi connectivity index (χ4n) is 2.25. The van der Waals surface area contributed by atoms with E-state index < -0.39 is 22.2 Å². The average Bonchev–Trinajstić information content (AvgIpc) is 2.72. The van der Waals surface area contributed by atoms with E-state index in [9.17, 15) is 18.6 Å². The SMILES string of the molecule is Cc1cc(S(=O)(=O)N2CC(O)C(O)C2)ccc1OC(C)C. The van der Waals surface area contributed by atoms with E-state index >= 15 is 0 Å². The molecule has 2 rings (SSSR count). The van der Waals surface area contributed by atoms with Crippen molar-refractivity contribution in [1.82, 2.24) is 4.31 Å². The van der Waals surface area contributed by atoms with E-state index in [1.807, 2.05) is 13.8 Å². The van der Waals surface area contributed by atoms with Crippen molar-refractivity contribution in [3.05, 3.63) is 23.8 Å². The molecule has 1 aliphatic heterocycles. The average molecular weight is 315 g/mol. The van der Waals surface area contributed by atoms with Gasteiger partial charge >= 0.3 is 0 Å². The first-order chi connectivity index (χ1) is 9.71. The Balaban J connectivity index is 2.27. The zero-order valence-electron chi connectivity index (χ0n) is 12.4. The number of sulfonamides is 1. The van der Waals surface area contributed by atoms with Crippen LogP contribution in [0.25, 0.3) is 0 Å². The van der Waals surface area contributed by atoms with Crippen molar-refractivity contribution in [3.8, 4) is 5.75 Å². The van der Waals surface area contributed by atoms with Crippen LogP contribution in [0.15, 0.2) is 23.1 Å². The molecule has 21 heavy (non-hydrogen) atoms. The summed E-state index contributed by atoms with van der Waals surface area (Å²) < 4.78 is 31.6. The summed E-state index contributed by atoms with van der Waals surface area (Å²) in [5, 5.41) is 19.0. The van der Waals surface area contributed by atoms with Crippen molar-refractivity contribution in [2.45, 2.75) is 44.0 Å². The van der Waals surface area contributed by atoms with Gasteiger partial charge in [-0.1, -0.05) is 0 Å². The van der Waals surface area contributed by atoms with Crippen LogP contribution in [0.4, 0.5) is 0 Å². The van der Waals surface area contributed by atoms with Gasteiger partial charge in [0.2, 0.25) is 10.0 Å². The Bertz CT molecular complexity index is 604. The number of β-amino-alcohol motifs (C(OH)–C–C–N with tert-alkyl or cyclic N) is 2. The van der Waals surface area contributed by atoms with Gasteiger partial charge < -0.3 is 14.9 Å². The lowest BCUT2D eigenvalue weighted by atomic mass is 10.2. The van der Waals surface area contributed by atoms with Gasteiger partial charge in [0, 0.05) is 13.1 Å². The molecule has 1 fully saturated rings. The quantitative estimate of drug-likeness (QED) is 0.845. The van der Waals surface area contributed by atoms with Crippen molar-refractivity contribution in [2.75, 3.05) is 13.1 Å². The van der Waals surface area contributed by atoms with Crippen molar-refractivity contribution in [1.29, 1.82) is 0 Å². The number of aryl methyl sites for hydroxylation is 1. The highest BCUT2D eigenvalue weighted by Crippen LogP contribution is 2.26. The second-order valence-corrected chi connectivity index (χ2v) is 7.49. The molecule has 1 aromatic carbocycles. The maximum atomic E-state index is 12.5. The van der Waals surface area contributed by atoms with E-state index in [0.29, 0.717) is 5.75 Å². The third-order valence-corrected chi connectivity index (χ3v) is 5.20. The van der Waals surface area contributed by atoms with Crippen LogP contribution in [0.3, 0.4) is 0 Å². The minimum Gasteiger partial charge on any atom is -0.491 e. The molecule has 1 heterocycles. The number of benzene rings is 1. The minimum absolute atomic E-state index is 0.00929. The summed E-state index contributed by atoms with van der Waals surface area (Å²) in [7, 11) is -3.71. The molecular formula is C14H21NO5S. The van der Waals surface area contributed by atoms with Crippen molar-refractivity contribution in [3.63, 3.8) is 0 Å². The molecule has 0 aliphatic carbocycles. The standard InChI is InChI=1S/C14H21NO5S/c1-9(2)20-14-5-4-11(6-10(14)3)21(18,19)15-7-12(16)13(17)8-15/h4-6,9,12-13,16-17H,7-8H2,1-3H3. The molecule has 2 N–H and O–H groups in total. The molecule has 1 aliphatic rings. The van der Waals surface area contributed by atoms with Gasteiger partial charge in [-0.3, -0.25) is 0 Å². The molecule has 2 unspecified atom stereocenters. The van der Waals surface area contributed by atoms with E-state index in [4.69, 9.17) is 4.74 Å². The summed E-state index contributed by atoms with van der Waals surface area (Å²) in [4.78, 5) is 0.136. The van der Waals surface area contributed by atoms with Crippen molar-refractivity contribution < 1.29 is 23.4 Å². The van der Waals surface area contributed by atoms with Crippen molar-refractivity contribution >= 4 is 10.0 Å². The van der Waals surface area contributed by atoms with Crippen LogP contribution in [-0.2, 0) is 10.0 Å². The lowest BCUT2D eigenvalue weighted by molar-refractivity contribution is 0.0572. The normalized spacial score (nSPS) is 23.7. The second-order valence-electron chi connectivity index (χ2n) is 5.55. The maximum absolute atomic E-state index is 12.5. The first kappa shape index (κ1) is 16.2. The molecule has 7 heteroatoms.